The Kier molecular flexibility index (Phi) is 3.66. The predicted octanol–water partition coefficient (Wildman–Crippen LogP) is -0.0118. The van der Waals surface area contributed by atoms with E-state index in [2.05, 4.69) is 5.32 Å². The second-order valence-electron chi connectivity index (χ2n) is 4.09. The van der Waals surface area contributed by atoms with E-state index >= 15 is 0 Å². The summed E-state index contributed by atoms with van der Waals surface area (Å²) >= 11 is 0. The molecule has 0 aliphatic carbocycles. The molecule has 82 valence electrons. The Morgan fingerprint density at radius 3 is 2.64 bits per heavy atom. The fourth-order valence-electron chi connectivity index (χ4n) is 1.48. The van der Waals surface area contributed by atoms with Crippen molar-refractivity contribution < 1.29 is 13.2 Å². The van der Waals surface area contributed by atoms with Gasteiger partial charge in [-0.15, -0.1) is 0 Å². The fraction of sp³-hybridized carbons (Fsp3) is 0.889. The second kappa shape index (κ2) is 4.40. The van der Waals surface area contributed by atoms with Crippen molar-refractivity contribution in [1.82, 2.24) is 5.32 Å². The monoisotopic (exact) mass is 219 g/mol. The van der Waals surface area contributed by atoms with Crippen LogP contribution in [0.25, 0.3) is 0 Å². The van der Waals surface area contributed by atoms with Gasteiger partial charge in [0.2, 0.25) is 0 Å². The highest BCUT2D eigenvalue weighted by Crippen LogP contribution is 2.08. The lowest BCUT2D eigenvalue weighted by Crippen LogP contribution is -2.46. The first-order chi connectivity index (χ1) is 6.41. The minimum atomic E-state index is -2.92. The molecular weight excluding hydrogens is 202 g/mol. The van der Waals surface area contributed by atoms with Crippen LogP contribution in [0.4, 0.5) is 0 Å². The van der Waals surface area contributed by atoms with Gasteiger partial charge < -0.3 is 5.32 Å². The van der Waals surface area contributed by atoms with Crippen molar-refractivity contribution in [2.45, 2.75) is 26.3 Å². The summed E-state index contributed by atoms with van der Waals surface area (Å²) in [5.74, 6) is 0.409. The highest BCUT2D eigenvalue weighted by molar-refractivity contribution is 7.91. The second-order valence-corrected chi connectivity index (χ2v) is 6.32. The highest BCUT2D eigenvalue weighted by Gasteiger charge is 2.26. The third-order valence-electron chi connectivity index (χ3n) is 2.39. The Hall–Kier alpha value is -0.420. The number of nitrogens with one attached hydrogen (secondary N) is 1. The average molecular weight is 219 g/mol. The first-order valence-corrected chi connectivity index (χ1v) is 6.69. The first-order valence-electron chi connectivity index (χ1n) is 4.87. The van der Waals surface area contributed by atoms with E-state index in [1.165, 1.54) is 0 Å². The molecule has 1 aliphatic heterocycles. The molecule has 1 unspecified atom stereocenters. The smallest absolute Gasteiger partial charge is 0.153 e. The van der Waals surface area contributed by atoms with Gasteiger partial charge in [-0.2, -0.15) is 0 Å². The summed E-state index contributed by atoms with van der Waals surface area (Å²) in [5, 5.41) is 3.06. The maximum absolute atomic E-state index is 11.4. The topological polar surface area (TPSA) is 63.2 Å². The van der Waals surface area contributed by atoms with Gasteiger partial charge in [0.05, 0.1) is 11.5 Å². The van der Waals surface area contributed by atoms with Crippen molar-refractivity contribution in [2.24, 2.45) is 5.92 Å². The van der Waals surface area contributed by atoms with Crippen molar-refractivity contribution in [3.05, 3.63) is 0 Å². The lowest BCUT2D eigenvalue weighted by molar-refractivity contribution is -0.122. The standard InChI is InChI=1S/C9H17NO3S/c1-7(2)9(11)5-8-6-14(12,13)4-3-10-8/h7-8,10H,3-6H2,1-2H3. The average Bonchev–Trinajstić information content (AvgIpc) is 2.01. The molecule has 14 heavy (non-hydrogen) atoms. The fourth-order valence-corrected chi connectivity index (χ4v) is 2.92. The zero-order valence-electron chi connectivity index (χ0n) is 8.62. The highest BCUT2D eigenvalue weighted by atomic mass is 32.2. The van der Waals surface area contributed by atoms with Crippen LogP contribution in [0.1, 0.15) is 20.3 Å². The summed E-state index contributed by atoms with van der Waals surface area (Å²) in [4.78, 5) is 11.4. The van der Waals surface area contributed by atoms with Crippen LogP contribution in [0.5, 0.6) is 0 Å². The Morgan fingerprint density at radius 2 is 2.14 bits per heavy atom. The van der Waals surface area contributed by atoms with E-state index in [9.17, 15) is 13.2 Å². The molecular formula is C9H17NO3S. The van der Waals surface area contributed by atoms with Crippen molar-refractivity contribution in [1.29, 1.82) is 0 Å². The lowest BCUT2D eigenvalue weighted by atomic mass is 10.0. The van der Waals surface area contributed by atoms with E-state index in [1.54, 1.807) is 0 Å². The number of hydrogen-bond acceptors (Lipinski definition) is 4. The van der Waals surface area contributed by atoms with Crippen molar-refractivity contribution in [3.8, 4) is 0 Å². The van der Waals surface area contributed by atoms with Gasteiger partial charge >= 0.3 is 0 Å². The molecule has 0 spiro atoms. The van der Waals surface area contributed by atoms with Gasteiger partial charge in [-0.1, -0.05) is 13.8 Å². The molecule has 1 atom stereocenters. The molecule has 0 aromatic carbocycles. The Labute approximate surface area is 85.0 Å². The van der Waals surface area contributed by atoms with Crippen LogP contribution in [-0.4, -0.2) is 38.3 Å². The summed E-state index contributed by atoms with van der Waals surface area (Å²) in [5.41, 5.74) is 0. The molecule has 1 N–H and O–H groups in total. The summed E-state index contributed by atoms with van der Waals surface area (Å²) < 4.78 is 22.5. The summed E-state index contributed by atoms with van der Waals surface area (Å²) in [7, 11) is -2.92. The van der Waals surface area contributed by atoms with Gasteiger partial charge in [-0.25, -0.2) is 8.42 Å². The zero-order chi connectivity index (χ0) is 10.8. The molecule has 4 nitrogen and oxygen atoms in total. The van der Waals surface area contributed by atoms with Crippen LogP contribution in [-0.2, 0) is 14.6 Å². The third kappa shape index (κ3) is 3.38. The van der Waals surface area contributed by atoms with E-state index in [0.717, 1.165) is 0 Å². The number of ketones is 1. The van der Waals surface area contributed by atoms with Crippen molar-refractivity contribution in [3.63, 3.8) is 0 Å². The Balaban J connectivity index is 2.50. The molecule has 1 saturated heterocycles. The van der Waals surface area contributed by atoms with E-state index in [1.807, 2.05) is 13.8 Å². The molecule has 1 fully saturated rings. The number of rotatable bonds is 3. The maximum atomic E-state index is 11.4. The van der Waals surface area contributed by atoms with E-state index in [-0.39, 0.29) is 29.2 Å². The molecule has 0 aromatic heterocycles. The van der Waals surface area contributed by atoms with E-state index in [4.69, 9.17) is 0 Å². The van der Waals surface area contributed by atoms with Crippen LogP contribution >= 0.6 is 0 Å². The minimum absolute atomic E-state index is 0.0126. The number of sulfone groups is 1. The molecule has 0 radical (unpaired) electrons. The molecule has 0 bridgehead atoms. The molecule has 1 aliphatic rings. The lowest BCUT2D eigenvalue weighted by Gasteiger charge is -2.23. The zero-order valence-corrected chi connectivity index (χ0v) is 9.43. The number of Topliss-reactive ketones (excluding diaryl/α,β-unsaturated/α-hetero) is 1. The van der Waals surface area contributed by atoms with Gasteiger partial charge in [-0.3, -0.25) is 4.79 Å². The first kappa shape index (κ1) is 11.7. The SMILES string of the molecule is CC(C)C(=O)CC1CS(=O)(=O)CCN1. The summed E-state index contributed by atoms with van der Waals surface area (Å²) in [6, 6.07) is -0.177. The molecule has 1 rings (SSSR count). The molecule has 1 heterocycles. The summed E-state index contributed by atoms with van der Waals surface area (Å²) in [6.07, 6.45) is 0.330. The van der Waals surface area contributed by atoms with Gasteiger partial charge in [-0.05, 0) is 0 Å². The summed E-state index contributed by atoms with van der Waals surface area (Å²) in [6.45, 7) is 4.14. The van der Waals surface area contributed by atoms with Crippen LogP contribution in [0.3, 0.4) is 0 Å². The van der Waals surface area contributed by atoms with Crippen LogP contribution in [0.2, 0.25) is 0 Å². The van der Waals surface area contributed by atoms with Crippen molar-refractivity contribution >= 4 is 15.6 Å². The van der Waals surface area contributed by atoms with Crippen LogP contribution in [0.15, 0.2) is 0 Å². The Morgan fingerprint density at radius 1 is 1.50 bits per heavy atom. The van der Waals surface area contributed by atoms with Crippen molar-refractivity contribution in [2.75, 3.05) is 18.1 Å². The van der Waals surface area contributed by atoms with E-state index in [0.29, 0.717) is 13.0 Å². The van der Waals surface area contributed by atoms with Gasteiger partial charge in [0, 0.05) is 24.9 Å². The van der Waals surface area contributed by atoms with Crippen LogP contribution in [0, 0.1) is 5.92 Å². The predicted molar refractivity (Wildman–Crippen MR) is 54.9 cm³/mol. The Bertz CT molecular complexity index is 308. The third-order valence-corrected chi connectivity index (χ3v) is 4.13. The molecule has 0 aromatic rings. The van der Waals surface area contributed by atoms with Gasteiger partial charge in [0.15, 0.2) is 9.84 Å². The van der Waals surface area contributed by atoms with Gasteiger partial charge in [0.25, 0.3) is 0 Å². The number of hydrogen-bond donors (Lipinski definition) is 1. The molecule has 0 amide bonds. The normalized spacial score (nSPS) is 26.4. The largest absolute Gasteiger partial charge is 0.312 e. The quantitative estimate of drug-likeness (QED) is 0.725. The number of carbonyl (C=O) groups is 1. The van der Waals surface area contributed by atoms with E-state index < -0.39 is 9.84 Å². The minimum Gasteiger partial charge on any atom is -0.312 e. The maximum Gasteiger partial charge on any atom is 0.153 e. The van der Waals surface area contributed by atoms with Crippen LogP contribution < -0.4 is 5.32 Å². The molecule has 5 heteroatoms. The molecule has 0 saturated carbocycles. The number of carbonyl (C=O) groups excluding carboxylic acids is 1. The van der Waals surface area contributed by atoms with Gasteiger partial charge in [0.1, 0.15) is 5.78 Å².